The molecule has 1 aromatic rings. The van der Waals surface area contributed by atoms with E-state index in [0.717, 1.165) is 49.7 Å². The van der Waals surface area contributed by atoms with Gasteiger partial charge in [-0.05, 0) is 63.9 Å². The highest BCUT2D eigenvalue weighted by molar-refractivity contribution is 6.47. The molecule has 0 spiro atoms. The Bertz CT molecular complexity index is 811. The van der Waals surface area contributed by atoms with E-state index in [1.807, 2.05) is 6.92 Å². The molecule has 0 unspecified atom stereocenters. The van der Waals surface area contributed by atoms with Crippen molar-refractivity contribution in [1.82, 2.24) is 0 Å². The molecule has 0 saturated heterocycles. The number of hydrogen-bond acceptors (Lipinski definition) is 4. The molecule has 0 saturated carbocycles. The van der Waals surface area contributed by atoms with E-state index in [0.29, 0.717) is 16.9 Å². The summed E-state index contributed by atoms with van der Waals surface area (Å²) < 4.78 is 11.4. The van der Waals surface area contributed by atoms with Gasteiger partial charge < -0.3 is 14.4 Å². The molecule has 2 aliphatic rings. The zero-order chi connectivity index (χ0) is 20.4. The van der Waals surface area contributed by atoms with Gasteiger partial charge in [-0.2, -0.15) is 0 Å². The van der Waals surface area contributed by atoms with Crippen molar-refractivity contribution in [3.05, 3.63) is 46.6 Å². The molecule has 150 valence electrons. The molecule has 3 rings (SSSR count). The number of phenolic OH excluding ortho intramolecular Hbond substituents is 1. The van der Waals surface area contributed by atoms with Crippen LogP contribution in [0.3, 0.4) is 0 Å². The summed E-state index contributed by atoms with van der Waals surface area (Å²) in [6, 6.07) is 1.75. The van der Waals surface area contributed by atoms with Gasteiger partial charge in [-0.15, -0.1) is 0 Å². The maximum absolute atomic E-state index is 12.8. The Kier molecular flexibility index (Phi) is 6.21. The lowest BCUT2D eigenvalue weighted by atomic mass is 9.72. The van der Waals surface area contributed by atoms with E-state index >= 15 is 0 Å². The van der Waals surface area contributed by atoms with Crippen molar-refractivity contribution in [2.75, 3.05) is 0 Å². The number of aryl methyl sites for hydroxylation is 1. The van der Waals surface area contributed by atoms with E-state index in [1.165, 1.54) is 5.57 Å². The lowest BCUT2D eigenvalue weighted by Gasteiger charge is -2.34. The molecule has 0 radical (unpaired) electrons. The number of aromatic hydroxyl groups is 1. The molecule has 5 heteroatoms. The number of unbranched alkanes of at least 4 members (excludes halogenated alkanes) is 2. The van der Waals surface area contributed by atoms with Crippen LogP contribution in [0.2, 0.25) is 6.82 Å². The molecule has 1 aliphatic carbocycles. The van der Waals surface area contributed by atoms with E-state index in [4.69, 9.17) is 9.31 Å². The number of allylic oxidation sites excluding steroid dienone is 3. The fraction of sp³-hybridized carbons (Fsp3) is 0.522. The molecule has 0 fully saturated rings. The second kappa shape index (κ2) is 8.46. The van der Waals surface area contributed by atoms with Crippen LogP contribution in [0.4, 0.5) is 0 Å². The van der Waals surface area contributed by atoms with E-state index in [2.05, 4.69) is 26.5 Å². The summed E-state index contributed by atoms with van der Waals surface area (Å²) in [7, 11) is -0.666. The van der Waals surface area contributed by atoms with Gasteiger partial charge in [-0.3, -0.25) is 0 Å². The molecule has 2 atom stereocenters. The minimum atomic E-state index is -0.666. The summed E-state index contributed by atoms with van der Waals surface area (Å²) in [4.78, 5) is 12.8. The average molecular weight is 382 g/mol. The van der Waals surface area contributed by atoms with Crippen molar-refractivity contribution in [3.63, 3.8) is 0 Å². The Labute approximate surface area is 168 Å². The van der Waals surface area contributed by atoms with Crippen LogP contribution in [0.5, 0.6) is 11.5 Å². The molecule has 1 heterocycles. The Hall–Kier alpha value is -2.17. The highest BCUT2D eigenvalue weighted by Crippen LogP contribution is 2.49. The molecule has 0 amide bonds. The molecular weight excluding hydrogens is 351 g/mol. The van der Waals surface area contributed by atoms with E-state index in [-0.39, 0.29) is 23.6 Å². The van der Waals surface area contributed by atoms with Crippen LogP contribution in [0, 0.1) is 5.92 Å². The number of hydrogen-bond donors (Lipinski definition) is 1. The maximum atomic E-state index is 12.8. The molecule has 28 heavy (non-hydrogen) atoms. The van der Waals surface area contributed by atoms with Crippen LogP contribution in [0.1, 0.15) is 80.3 Å². The first-order valence-corrected chi connectivity index (χ1v) is 10.4. The molecule has 1 N–H and O–H groups in total. The van der Waals surface area contributed by atoms with Gasteiger partial charge in [0.2, 0.25) is 0 Å². The zero-order valence-electron chi connectivity index (χ0n) is 17.5. The molecule has 0 bridgehead atoms. The fourth-order valence-electron chi connectivity index (χ4n) is 4.45. The average Bonchev–Trinajstić information content (AvgIpc) is 2.60. The standard InChI is InChI=1S/C23H31BO4/c1-6-7-8-9-16-13-19(25)21(22-20(16)23(26)28-24(5)27-22)18-12-15(4)10-11-17(18)14(2)3/h12-13,17-18,25H,2,6-11H2,1,3-5H3/t17-,18+/m0/s1. The minimum absolute atomic E-state index is 0.0530. The molecule has 1 aliphatic heterocycles. The van der Waals surface area contributed by atoms with Crippen LogP contribution in [-0.4, -0.2) is 18.2 Å². The van der Waals surface area contributed by atoms with Crippen molar-refractivity contribution in [1.29, 1.82) is 0 Å². The third kappa shape index (κ3) is 3.99. The Morgan fingerprint density at radius 1 is 1.36 bits per heavy atom. The third-order valence-corrected chi connectivity index (χ3v) is 5.90. The minimum Gasteiger partial charge on any atom is -0.525 e. The topological polar surface area (TPSA) is 55.8 Å². The second-order valence-electron chi connectivity index (χ2n) is 8.25. The van der Waals surface area contributed by atoms with E-state index in [9.17, 15) is 9.90 Å². The van der Waals surface area contributed by atoms with Crippen molar-refractivity contribution in [3.8, 4) is 11.5 Å². The van der Waals surface area contributed by atoms with Gasteiger partial charge in [-0.25, -0.2) is 4.79 Å². The van der Waals surface area contributed by atoms with Crippen molar-refractivity contribution < 1.29 is 19.2 Å². The van der Waals surface area contributed by atoms with Gasteiger partial charge in [-0.1, -0.05) is 43.6 Å². The molecule has 0 aromatic heterocycles. The van der Waals surface area contributed by atoms with E-state index < -0.39 is 7.12 Å². The quantitative estimate of drug-likeness (QED) is 0.383. The number of phenols is 1. The van der Waals surface area contributed by atoms with Gasteiger partial charge in [0.05, 0.1) is 0 Å². The molecule has 4 nitrogen and oxygen atoms in total. The van der Waals surface area contributed by atoms with Crippen molar-refractivity contribution in [2.45, 2.75) is 72.0 Å². The number of fused-ring (bicyclic) bond motifs is 1. The van der Waals surface area contributed by atoms with Gasteiger partial charge in [0, 0.05) is 11.5 Å². The highest BCUT2D eigenvalue weighted by atomic mass is 16.6. The second-order valence-corrected chi connectivity index (χ2v) is 8.25. The fourth-order valence-corrected chi connectivity index (χ4v) is 4.45. The predicted molar refractivity (Wildman–Crippen MR) is 113 cm³/mol. The number of carbonyl (C=O) groups is 1. The lowest BCUT2D eigenvalue weighted by molar-refractivity contribution is 0.0680. The summed E-state index contributed by atoms with van der Waals surface area (Å²) in [6.45, 7) is 12.2. The predicted octanol–water partition coefficient (Wildman–Crippen LogP) is 5.81. The van der Waals surface area contributed by atoms with Crippen LogP contribution in [-0.2, 0) is 11.1 Å². The zero-order valence-corrected chi connectivity index (χ0v) is 17.5. The normalized spacial score (nSPS) is 21.5. The first-order chi connectivity index (χ1) is 13.3. The number of benzene rings is 1. The SMILES string of the molecule is C=C(C)[C@@H]1CCC(C)=C[C@H]1c1c(O)cc(CCCCC)c2c1OB(C)OC2=O. The number of carbonyl (C=O) groups excluding carboxylic acids is 1. The third-order valence-electron chi connectivity index (χ3n) is 5.90. The summed E-state index contributed by atoms with van der Waals surface area (Å²) in [5.41, 5.74) is 4.36. The summed E-state index contributed by atoms with van der Waals surface area (Å²) >= 11 is 0. The first-order valence-electron chi connectivity index (χ1n) is 10.4. The van der Waals surface area contributed by atoms with Crippen LogP contribution in [0.25, 0.3) is 0 Å². The first kappa shape index (κ1) is 20.6. The Balaban J connectivity index is 2.16. The largest absolute Gasteiger partial charge is 0.593 e. The van der Waals surface area contributed by atoms with Gasteiger partial charge in [0.1, 0.15) is 17.1 Å². The highest BCUT2D eigenvalue weighted by Gasteiger charge is 2.38. The van der Waals surface area contributed by atoms with Gasteiger partial charge in [0.15, 0.2) is 0 Å². The lowest BCUT2D eigenvalue weighted by Crippen LogP contribution is -2.34. The summed E-state index contributed by atoms with van der Waals surface area (Å²) in [5, 5.41) is 11.0. The monoisotopic (exact) mass is 382 g/mol. The molecule has 1 aromatic carbocycles. The van der Waals surface area contributed by atoms with Crippen molar-refractivity contribution in [2.24, 2.45) is 5.92 Å². The molecular formula is C23H31BO4. The maximum Gasteiger partial charge on any atom is 0.593 e. The summed E-state index contributed by atoms with van der Waals surface area (Å²) in [6.07, 6.45) is 8.05. The van der Waals surface area contributed by atoms with Crippen LogP contribution < -0.4 is 4.65 Å². The smallest absolute Gasteiger partial charge is 0.525 e. The number of rotatable bonds is 6. The Morgan fingerprint density at radius 3 is 2.79 bits per heavy atom. The van der Waals surface area contributed by atoms with Gasteiger partial charge in [0.25, 0.3) is 0 Å². The summed E-state index contributed by atoms with van der Waals surface area (Å²) in [5.74, 6) is 0.501. The Morgan fingerprint density at radius 2 is 2.11 bits per heavy atom. The van der Waals surface area contributed by atoms with E-state index in [1.54, 1.807) is 12.9 Å². The van der Waals surface area contributed by atoms with Crippen LogP contribution >= 0.6 is 0 Å². The van der Waals surface area contributed by atoms with Crippen molar-refractivity contribution >= 4 is 13.1 Å². The van der Waals surface area contributed by atoms with Gasteiger partial charge >= 0.3 is 13.1 Å². The van der Waals surface area contributed by atoms with Crippen LogP contribution in [0.15, 0.2) is 29.9 Å².